The third-order valence-electron chi connectivity index (χ3n) is 4.24. The third-order valence-corrected chi connectivity index (χ3v) is 5.54. The molecule has 0 amide bonds. The Labute approximate surface area is 135 Å². The molecule has 1 aromatic rings. The van der Waals surface area contributed by atoms with E-state index >= 15 is 0 Å². The van der Waals surface area contributed by atoms with E-state index < -0.39 is 11.5 Å². The number of carbonyl (C=O) groups is 1. The number of halogens is 1. The van der Waals surface area contributed by atoms with Gasteiger partial charge in [0.15, 0.2) is 0 Å². The molecular formula is C16H22ClNO2S. The van der Waals surface area contributed by atoms with Crippen molar-refractivity contribution in [2.75, 3.05) is 12.3 Å². The molecule has 2 atom stereocenters. The molecular weight excluding hydrogens is 306 g/mol. The number of carboxylic acid groups (broad SMARTS) is 1. The fourth-order valence-electron chi connectivity index (χ4n) is 3.22. The molecule has 21 heavy (non-hydrogen) atoms. The van der Waals surface area contributed by atoms with Crippen LogP contribution < -0.4 is 5.32 Å². The van der Waals surface area contributed by atoms with E-state index in [0.29, 0.717) is 6.54 Å². The quantitative estimate of drug-likeness (QED) is 0.742. The topological polar surface area (TPSA) is 49.3 Å². The molecule has 0 aromatic heterocycles. The second-order valence-electron chi connectivity index (χ2n) is 5.49. The zero-order valence-corrected chi connectivity index (χ0v) is 13.8. The maximum atomic E-state index is 11.7. The summed E-state index contributed by atoms with van der Waals surface area (Å²) in [6.07, 6.45) is 3.66. The van der Waals surface area contributed by atoms with Gasteiger partial charge in [-0.15, -0.1) is 11.8 Å². The van der Waals surface area contributed by atoms with Gasteiger partial charge in [-0.3, -0.25) is 4.79 Å². The van der Waals surface area contributed by atoms with Gasteiger partial charge in [-0.25, -0.2) is 0 Å². The maximum Gasteiger partial charge on any atom is 0.324 e. The predicted octanol–water partition coefficient (Wildman–Crippen LogP) is 4.06. The van der Waals surface area contributed by atoms with Crippen LogP contribution in [0.25, 0.3) is 0 Å². The number of nitrogens with one attached hydrogen (secondary N) is 1. The van der Waals surface area contributed by atoms with Crippen molar-refractivity contribution in [1.82, 2.24) is 5.32 Å². The van der Waals surface area contributed by atoms with Crippen LogP contribution in [-0.2, 0) is 4.79 Å². The summed E-state index contributed by atoms with van der Waals surface area (Å²) in [6, 6.07) is 7.80. The number of thioether (sulfide) groups is 1. The van der Waals surface area contributed by atoms with E-state index in [9.17, 15) is 9.90 Å². The van der Waals surface area contributed by atoms with Gasteiger partial charge in [0.1, 0.15) is 5.54 Å². The first-order valence-electron chi connectivity index (χ1n) is 7.45. The van der Waals surface area contributed by atoms with Crippen LogP contribution in [0.1, 0.15) is 32.6 Å². The van der Waals surface area contributed by atoms with Gasteiger partial charge in [0.2, 0.25) is 0 Å². The number of hydrogen-bond acceptors (Lipinski definition) is 3. The van der Waals surface area contributed by atoms with Gasteiger partial charge in [-0.2, -0.15) is 0 Å². The van der Waals surface area contributed by atoms with E-state index in [1.54, 1.807) is 11.8 Å². The summed E-state index contributed by atoms with van der Waals surface area (Å²) in [4.78, 5) is 12.9. The molecule has 2 rings (SSSR count). The number of benzene rings is 1. The first-order valence-corrected chi connectivity index (χ1v) is 8.81. The largest absolute Gasteiger partial charge is 0.480 e. The summed E-state index contributed by atoms with van der Waals surface area (Å²) >= 11 is 7.64. The Hall–Kier alpha value is -0.710. The van der Waals surface area contributed by atoms with Gasteiger partial charge >= 0.3 is 5.97 Å². The van der Waals surface area contributed by atoms with Crippen LogP contribution in [0.5, 0.6) is 0 Å². The second kappa shape index (κ2) is 7.52. The lowest BCUT2D eigenvalue weighted by atomic mass is 9.85. The predicted molar refractivity (Wildman–Crippen MR) is 88.2 cm³/mol. The highest BCUT2D eigenvalue weighted by Crippen LogP contribution is 2.39. The highest BCUT2D eigenvalue weighted by Gasteiger charge is 2.48. The average molecular weight is 328 g/mol. The van der Waals surface area contributed by atoms with Gasteiger partial charge in [0.25, 0.3) is 0 Å². The van der Waals surface area contributed by atoms with E-state index in [1.807, 2.05) is 31.2 Å². The molecule has 0 aliphatic heterocycles. The third kappa shape index (κ3) is 3.93. The normalized spacial score (nSPS) is 25.1. The lowest BCUT2D eigenvalue weighted by molar-refractivity contribution is -0.146. The van der Waals surface area contributed by atoms with E-state index in [-0.39, 0.29) is 5.92 Å². The van der Waals surface area contributed by atoms with E-state index in [2.05, 4.69) is 5.32 Å². The summed E-state index contributed by atoms with van der Waals surface area (Å²) in [5, 5.41) is 13.6. The standard InChI is InChI=1S/C16H22ClNO2S/c1-2-18-16(15(19)20)10-3-4-12(16)9-11-21-14-7-5-13(17)6-8-14/h5-8,12,18H,2-4,9-11H2,1H3,(H,19,20). The number of aliphatic carboxylic acids is 1. The summed E-state index contributed by atoms with van der Waals surface area (Å²) in [5.74, 6) is 0.463. The second-order valence-corrected chi connectivity index (χ2v) is 7.09. The van der Waals surface area contributed by atoms with E-state index in [4.69, 9.17) is 11.6 Å². The number of likely N-dealkylation sites (N-methyl/N-ethyl adjacent to an activating group) is 1. The number of carboxylic acids is 1. The van der Waals surface area contributed by atoms with Crippen LogP contribution in [-0.4, -0.2) is 28.9 Å². The van der Waals surface area contributed by atoms with Crippen LogP contribution in [0.15, 0.2) is 29.2 Å². The Bertz CT molecular complexity index is 480. The first kappa shape index (κ1) is 16.7. The van der Waals surface area contributed by atoms with Crippen molar-refractivity contribution in [1.29, 1.82) is 0 Å². The lowest BCUT2D eigenvalue weighted by Gasteiger charge is -2.32. The molecule has 5 heteroatoms. The number of hydrogen-bond donors (Lipinski definition) is 2. The van der Waals surface area contributed by atoms with Gasteiger partial charge in [-0.1, -0.05) is 24.9 Å². The molecule has 1 aromatic carbocycles. The highest BCUT2D eigenvalue weighted by molar-refractivity contribution is 7.99. The Balaban J connectivity index is 1.92. The molecule has 116 valence electrons. The molecule has 1 aliphatic rings. The Morgan fingerprint density at radius 1 is 1.48 bits per heavy atom. The molecule has 1 fully saturated rings. The number of rotatable bonds is 7. The average Bonchev–Trinajstić information content (AvgIpc) is 2.86. The molecule has 3 nitrogen and oxygen atoms in total. The molecule has 0 spiro atoms. The SMILES string of the molecule is CCNC1(C(=O)O)CCCC1CCSc1ccc(Cl)cc1. The van der Waals surface area contributed by atoms with Crippen molar-refractivity contribution >= 4 is 29.3 Å². The Morgan fingerprint density at radius 2 is 2.19 bits per heavy atom. The monoisotopic (exact) mass is 327 g/mol. The van der Waals surface area contributed by atoms with Crippen LogP contribution >= 0.6 is 23.4 Å². The van der Waals surface area contributed by atoms with Gasteiger partial charge in [0, 0.05) is 9.92 Å². The summed E-state index contributed by atoms with van der Waals surface area (Å²) in [7, 11) is 0. The van der Waals surface area contributed by atoms with Crippen molar-refractivity contribution < 1.29 is 9.90 Å². The van der Waals surface area contributed by atoms with Crippen molar-refractivity contribution in [3.63, 3.8) is 0 Å². The fraction of sp³-hybridized carbons (Fsp3) is 0.562. The van der Waals surface area contributed by atoms with Crippen molar-refractivity contribution in [3.05, 3.63) is 29.3 Å². The Morgan fingerprint density at radius 3 is 2.81 bits per heavy atom. The minimum absolute atomic E-state index is 0.217. The molecule has 1 saturated carbocycles. The minimum atomic E-state index is -0.713. The van der Waals surface area contributed by atoms with Crippen molar-refractivity contribution in [2.24, 2.45) is 5.92 Å². The van der Waals surface area contributed by atoms with Crippen molar-refractivity contribution in [3.8, 4) is 0 Å². The summed E-state index contributed by atoms with van der Waals surface area (Å²) in [6.45, 7) is 2.68. The van der Waals surface area contributed by atoms with Crippen LogP contribution in [0, 0.1) is 5.92 Å². The summed E-state index contributed by atoms with van der Waals surface area (Å²) in [5.41, 5.74) is -0.713. The zero-order valence-electron chi connectivity index (χ0n) is 12.3. The van der Waals surface area contributed by atoms with Crippen LogP contribution in [0.2, 0.25) is 5.02 Å². The van der Waals surface area contributed by atoms with Gasteiger partial charge < -0.3 is 10.4 Å². The molecule has 0 saturated heterocycles. The van der Waals surface area contributed by atoms with E-state index in [1.165, 1.54) is 4.90 Å². The molecule has 0 radical (unpaired) electrons. The van der Waals surface area contributed by atoms with E-state index in [0.717, 1.165) is 36.5 Å². The molecule has 1 aliphatic carbocycles. The van der Waals surface area contributed by atoms with Crippen molar-refractivity contribution in [2.45, 2.75) is 43.0 Å². The minimum Gasteiger partial charge on any atom is -0.480 e. The van der Waals surface area contributed by atoms with Crippen LogP contribution in [0.3, 0.4) is 0 Å². The smallest absolute Gasteiger partial charge is 0.324 e. The molecule has 0 heterocycles. The first-order chi connectivity index (χ1) is 10.1. The molecule has 2 unspecified atom stereocenters. The van der Waals surface area contributed by atoms with Gasteiger partial charge in [-0.05, 0) is 61.7 Å². The lowest BCUT2D eigenvalue weighted by Crippen LogP contribution is -2.54. The van der Waals surface area contributed by atoms with Gasteiger partial charge in [0.05, 0.1) is 0 Å². The fourth-order valence-corrected chi connectivity index (χ4v) is 4.32. The highest BCUT2D eigenvalue weighted by atomic mass is 35.5. The van der Waals surface area contributed by atoms with Crippen LogP contribution in [0.4, 0.5) is 0 Å². The molecule has 0 bridgehead atoms. The maximum absolute atomic E-state index is 11.7. The Kier molecular flexibility index (Phi) is 5.97. The summed E-state index contributed by atoms with van der Waals surface area (Å²) < 4.78 is 0. The molecule has 2 N–H and O–H groups in total. The zero-order chi connectivity index (χ0) is 15.3.